The van der Waals surface area contributed by atoms with E-state index in [4.69, 9.17) is 5.11 Å². The number of carbonyl (C=O) groups is 1. The molecule has 1 amide bonds. The van der Waals surface area contributed by atoms with E-state index < -0.39 is 0 Å². The van der Waals surface area contributed by atoms with Crippen LogP contribution in [-0.2, 0) is 6.54 Å². The van der Waals surface area contributed by atoms with Crippen LogP contribution in [0.5, 0.6) is 0 Å². The van der Waals surface area contributed by atoms with E-state index in [0.717, 1.165) is 23.4 Å². The maximum absolute atomic E-state index is 12.3. The molecule has 0 saturated heterocycles. The van der Waals surface area contributed by atoms with Crippen LogP contribution < -0.4 is 5.32 Å². The van der Waals surface area contributed by atoms with E-state index in [1.165, 1.54) is 0 Å². The van der Waals surface area contributed by atoms with Gasteiger partial charge in [0.1, 0.15) is 0 Å². The van der Waals surface area contributed by atoms with E-state index in [1.807, 2.05) is 55.8 Å². The van der Waals surface area contributed by atoms with Crippen LogP contribution in [0.15, 0.2) is 30.3 Å². The molecule has 1 atom stereocenters. The molecule has 0 saturated carbocycles. The Hall–Kier alpha value is -2.14. The van der Waals surface area contributed by atoms with Gasteiger partial charge in [-0.3, -0.25) is 9.48 Å². The zero-order chi connectivity index (χ0) is 16.8. The molecule has 0 bridgehead atoms. The van der Waals surface area contributed by atoms with Crippen LogP contribution >= 0.6 is 0 Å². The Bertz CT molecular complexity index is 664. The van der Waals surface area contributed by atoms with E-state index in [1.54, 1.807) is 0 Å². The Morgan fingerprint density at radius 1 is 1.35 bits per heavy atom. The minimum absolute atomic E-state index is 0.0503. The highest BCUT2D eigenvalue weighted by atomic mass is 16.3. The average Bonchev–Trinajstić information content (AvgIpc) is 2.83. The molecule has 0 fully saturated rings. The lowest BCUT2D eigenvalue weighted by Gasteiger charge is -2.14. The fourth-order valence-corrected chi connectivity index (χ4v) is 2.60. The summed E-state index contributed by atoms with van der Waals surface area (Å²) in [5.74, 6) is -0.0781. The van der Waals surface area contributed by atoms with Crippen molar-refractivity contribution in [2.75, 3.05) is 6.61 Å². The van der Waals surface area contributed by atoms with Crippen molar-refractivity contribution in [1.29, 1.82) is 0 Å². The van der Waals surface area contributed by atoms with E-state index in [9.17, 15) is 4.79 Å². The predicted molar refractivity (Wildman–Crippen MR) is 90.5 cm³/mol. The van der Waals surface area contributed by atoms with Gasteiger partial charge in [-0.1, -0.05) is 12.1 Å². The first-order valence-electron chi connectivity index (χ1n) is 8.01. The topological polar surface area (TPSA) is 67.2 Å². The van der Waals surface area contributed by atoms with Crippen LogP contribution in [0.4, 0.5) is 0 Å². The van der Waals surface area contributed by atoms with Crippen LogP contribution in [0.2, 0.25) is 0 Å². The van der Waals surface area contributed by atoms with Crippen molar-refractivity contribution in [3.8, 4) is 0 Å². The number of carbonyl (C=O) groups excluding carboxylic acids is 1. The number of aliphatic hydroxyl groups is 1. The molecule has 1 unspecified atom stereocenters. The van der Waals surface area contributed by atoms with Gasteiger partial charge >= 0.3 is 0 Å². The summed E-state index contributed by atoms with van der Waals surface area (Å²) in [6.45, 7) is 6.76. The van der Waals surface area contributed by atoms with Crippen molar-refractivity contribution in [1.82, 2.24) is 15.1 Å². The molecule has 5 nitrogen and oxygen atoms in total. The Kier molecular flexibility index (Phi) is 5.93. The van der Waals surface area contributed by atoms with Gasteiger partial charge in [0.2, 0.25) is 0 Å². The van der Waals surface area contributed by atoms with Gasteiger partial charge < -0.3 is 10.4 Å². The standard InChI is InChI=1S/C18H25N3O2/c1-13(6-5-9-22)19-18(23)17-8-4-7-16(11-17)12-21-15(3)10-14(2)20-21/h4,7-8,10-11,13,22H,5-6,9,12H2,1-3H3,(H,19,23). The van der Waals surface area contributed by atoms with Crippen LogP contribution in [0, 0.1) is 13.8 Å². The monoisotopic (exact) mass is 315 g/mol. The van der Waals surface area contributed by atoms with Gasteiger partial charge in [0.05, 0.1) is 12.2 Å². The SMILES string of the molecule is Cc1cc(C)n(Cc2cccc(C(=O)NC(C)CCCO)c2)n1. The van der Waals surface area contributed by atoms with Gasteiger partial charge in [-0.25, -0.2) is 0 Å². The fraction of sp³-hybridized carbons (Fsp3) is 0.444. The summed E-state index contributed by atoms with van der Waals surface area (Å²) in [4.78, 5) is 12.3. The Morgan fingerprint density at radius 3 is 2.78 bits per heavy atom. The maximum Gasteiger partial charge on any atom is 0.251 e. The van der Waals surface area contributed by atoms with Crippen molar-refractivity contribution in [3.05, 3.63) is 52.8 Å². The van der Waals surface area contributed by atoms with E-state index in [2.05, 4.69) is 10.4 Å². The molecule has 0 aliphatic carbocycles. The number of aliphatic hydroxyl groups excluding tert-OH is 1. The molecule has 1 aromatic carbocycles. The lowest BCUT2D eigenvalue weighted by molar-refractivity contribution is 0.0936. The highest BCUT2D eigenvalue weighted by molar-refractivity contribution is 5.94. The van der Waals surface area contributed by atoms with Gasteiger partial charge in [-0.2, -0.15) is 5.10 Å². The largest absolute Gasteiger partial charge is 0.396 e. The number of benzene rings is 1. The van der Waals surface area contributed by atoms with Crippen LogP contribution in [0.25, 0.3) is 0 Å². The quantitative estimate of drug-likeness (QED) is 0.824. The lowest BCUT2D eigenvalue weighted by Crippen LogP contribution is -2.32. The third kappa shape index (κ3) is 4.93. The minimum Gasteiger partial charge on any atom is -0.396 e. The van der Waals surface area contributed by atoms with Gasteiger partial charge in [0.15, 0.2) is 0 Å². The Labute approximate surface area is 137 Å². The summed E-state index contributed by atoms with van der Waals surface area (Å²) < 4.78 is 1.94. The van der Waals surface area contributed by atoms with Crippen LogP contribution in [0.3, 0.4) is 0 Å². The zero-order valence-corrected chi connectivity index (χ0v) is 14.0. The minimum atomic E-state index is -0.0781. The Balaban J connectivity index is 2.04. The smallest absolute Gasteiger partial charge is 0.251 e. The molecular formula is C18H25N3O2. The molecule has 5 heteroatoms. The van der Waals surface area contributed by atoms with Crippen LogP contribution in [-0.4, -0.2) is 33.4 Å². The van der Waals surface area contributed by atoms with Crippen molar-refractivity contribution in [2.24, 2.45) is 0 Å². The maximum atomic E-state index is 12.3. The second-order valence-electron chi connectivity index (χ2n) is 6.03. The highest BCUT2D eigenvalue weighted by Gasteiger charge is 2.10. The number of nitrogens with zero attached hydrogens (tertiary/aromatic N) is 2. The number of hydrogen-bond acceptors (Lipinski definition) is 3. The molecule has 0 radical (unpaired) electrons. The fourth-order valence-electron chi connectivity index (χ4n) is 2.60. The summed E-state index contributed by atoms with van der Waals surface area (Å²) in [6, 6.07) is 9.72. The molecule has 23 heavy (non-hydrogen) atoms. The highest BCUT2D eigenvalue weighted by Crippen LogP contribution is 2.10. The van der Waals surface area contributed by atoms with E-state index >= 15 is 0 Å². The number of aryl methyl sites for hydroxylation is 2. The first-order valence-corrected chi connectivity index (χ1v) is 8.01. The first-order chi connectivity index (χ1) is 11.0. The first kappa shape index (κ1) is 17.2. The number of rotatable bonds is 7. The van der Waals surface area contributed by atoms with E-state index in [-0.39, 0.29) is 18.6 Å². The molecule has 1 heterocycles. The summed E-state index contributed by atoms with van der Waals surface area (Å²) in [6.07, 6.45) is 1.47. The molecule has 0 aliphatic heterocycles. The molecule has 0 aliphatic rings. The number of nitrogens with one attached hydrogen (secondary N) is 1. The van der Waals surface area contributed by atoms with Gasteiger partial charge in [-0.15, -0.1) is 0 Å². The summed E-state index contributed by atoms with van der Waals surface area (Å²) in [7, 11) is 0. The second-order valence-corrected chi connectivity index (χ2v) is 6.03. The Morgan fingerprint density at radius 2 is 2.13 bits per heavy atom. The zero-order valence-electron chi connectivity index (χ0n) is 14.0. The van der Waals surface area contributed by atoms with Crippen molar-refractivity contribution in [2.45, 2.75) is 46.2 Å². The summed E-state index contributed by atoms with van der Waals surface area (Å²) >= 11 is 0. The molecule has 124 valence electrons. The molecule has 1 aromatic heterocycles. The van der Waals surface area contributed by atoms with Gasteiger partial charge in [0, 0.05) is 23.9 Å². The third-order valence-electron chi connectivity index (χ3n) is 3.80. The van der Waals surface area contributed by atoms with E-state index in [0.29, 0.717) is 18.5 Å². The van der Waals surface area contributed by atoms with Gasteiger partial charge in [-0.05, 0) is 57.4 Å². The molecular weight excluding hydrogens is 290 g/mol. The molecule has 2 aromatic rings. The van der Waals surface area contributed by atoms with Crippen LogP contribution in [0.1, 0.15) is 47.1 Å². The molecule has 0 spiro atoms. The van der Waals surface area contributed by atoms with Crippen molar-refractivity contribution >= 4 is 5.91 Å². The predicted octanol–water partition coefficient (Wildman–Crippen LogP) is 2.44. The number of amides is 1. The van der Waals surface area contributed by atoms with Crippen molar-refractivity contribution < 1.29 is 9.90 Å². The number of hydrogen-bond donors (Lipinski definition) is 2. The summed E-state index contributed by atoms with van der Waals surface area (Å²) in [5.41, 5.74) is 3.80. The lowest BCUT2D eigenvalue weighted by atomic mass is 10.1. The molecule has 2 rings (SSSR count). The molecule has 2 N–H and O–H groups in total. The third-order valence-corrected chi connectivity index (χ3v) is 3.80. The summed E-state index contributed by atoms with van der Waals surface area (Å²) in [5, 5.41) is 16.3. The van der Waals surface area contributed by atoms with Crippen molar-refractivity contribution in [3.63, 3.8) is 0 Å². The second kappa shape index (κ2) is 7.92. The van der Waals surface area contributed by atoms with Gasteiger partial charge in [0.25, 0.3) is 5.91 Å². The normalized spacial score (nSPS) is 12.2. The average molecular weight is 315 g/mol. The number of aromatic nitrogens is 2.